The van der Waals surface area contributed by atoms with Crippen LogP contribution in [0.4, 0.5) is 4.39 Å². The van der Waals surface area contributed by atoms with E-state index >= 15 is 0 Å². The van der Waals surface area contributed by atoms with E-state index in [9.17, 15) is 14.0 Å². The number of aromatic amines is 1. The van der Waals surface area contributed by atoms with Crippen LogP contribution in [0.25, 0.3) is 16.6 Å². The number of nitrogens with one attached hydrogen (secondary N) is 2. The summed E-state index contributed by atoms with van der Waals surface area (Å²) in [4.78, 5) is 28.9. The maximum Gasteiger partial charge on any atom is 0.266 e. The molecule has 2 aromatic carbocycles. The number of carbonyl (C=O) groups excluding carboxylic acids is 1. The van der Waals surface area contributed by atoms with E-state index in [1.54, 1.807) is 18.2 Å². The lowest BCUT2D eigenvalue weighted by molar-refractivity contribution is 0.0891. The van der Waals surface area contributed by atoms with Crippen LogP contribution in [0.5, 0.6) is 0 Å². The zero-order valence-electron chi connectivity index (χ0n) is 16.9. The molecule has 1 aromatic heterocycles. The first kappa shape index (κ1) is 20.5. The normalized spacial score (nSPS) is 21.5. The first-order valence-corrected chi connectivity index (χ1v) is 10.6. The summed E-state index contributed by atoms with van der Waals surface area (Å²) in [7, 11) is 0. The second kappa shape index (κ2) is 8.14. The van der Waals surface area contributed by atoms with E-state index in [4.69, 9.17) is 12.2 Å². The molecule has 1 saturated carbocycles. The summed E-state index contributed by atoms with van der Waals surface area (Å²) >= 11 is 5.36. The molecular formula is C23H24FN3O2S. The van der Waals surface area contributed by atoms with Crippen molar-refractivity contribution in [2.24, 2.45) is 11.8 Å². The van der Waals surface area contributed by atoms with Crippen molar-refractivity contribution in [2.45, 2.75) is 39.2 Å². The average Bonchev–Trinajstić information content (AvgIpc) is 2.72. The van der Waals surface area contributed by atoms with Crippen molar-refractivity contribution in [1.29, 1.82) is 0 Å². The quantitative estimate of drug-likeness (QED) is 0.596. The molecule has 0 aliphatic heterocycles. The summed E-state index contributed by atoms with van der Waals surface area (Å²) in [6.45, 7) is 4.41. The third kappa shape index (κ3) is 3.81. The van der Waals surface area contributed by atoms with Gasteiger partial charge in [0.2, 0.25) is 0 Å². The monoisotopic (exact) mass is 425 g/mol. The van der Waals surface area contributed by atoms with Gasteiger partial charge in [-0.15, -0.1) is 0 Å². The van der Waals surface area contributed by atoms with Gasteiger partial charge in [-0.1, -0.05) is 26.7 Å². The van der Waals surface area contributed by atoms with Gasteiger partial charge in [-0.2, -0.15) is 0 Å². The molecule has 1 aliphatic carbocycles. The van der Waals surface area contributed by atoms with Crippen molar-refractivity contribution in [2.75, 3.05) is 0 Å². The zero-order valence-corrected chi connectivity index (χ0v) is 17.8. The van der Waals surface area contributed by atoms with Crippen LogP contribution in [0.1, 0.15) is 43.5 Å². The van der Waals surface area contributed by atoms with E-state index in [2.05, 4.69) is 24.1 Å². The summed E-state index contributed by atoms with van der Waals surface area (Å²) in [5.41, 5.74) is 1.15. The van der Waals surface area contributed by atoms with Crippen LogP contribution in [-0.2, 0) is 0 Å². The number of benzene rings is 2. The highest BCUT2D eigenvalue weighted by atomic mass is 32.1. The van der Waals surface area contributed by atoms with Crippen LogP contribution < -0.4 is 10.9 Å². The van der Waals surface area contributed by atoms with Crippen molar-refractivity contribution in [3.8, 4) is 5.69 Å². The molecule has 30 heavy (non-hydrogen) atoms. The van der Waals surface area contributed by atoms with E-state index < -0.39 is 0 Å². The largest absolute Gasteiger partial charge is 0.349 e. The topological polar surface area (TPSA) is 66.9 Å². The number of amides is 1. The molecule has 156 valence electrons. The van der Waals surface area contributed by atoms with Crippen LogP contribution in [0.3, 0.4) is 0 Å². The predicted octanol–water partition coefficient (Wildman–Crippen LogP) is 4.74. The van der Waals surface area contributed by atoms with Crippen LogP contribution in [0, 0.1) is 22.4 Å². The summed E-state index contributed by atoms with van der Waals surface area (Å²) in [6.07, 6.45) is 3.29. The number of halogens is 1. The minimum absolute atomic E-state index is 0.148. The highest BCUT2D eigenvalue weighted by Crippen LogP contribution is 2.29. The molecule has 0 spiro atoms. The molecule has 1 fully saturated rings. The predicted molar refractivity (Wildman–Crippen MR) is 118 cm³/mol. The lowest BCUT2D eigenvalue weighted by Gasteiger charge is -2.34. The third-order valence-electron chi connectivity index (χ3n) is 6.27. The average molecular weight is 426 g/mol. The molecule has 4 rings (SSSR count). The van der Waals surface area contributed by atoms with Crippen molar-refractivity contribution >= 4 is 29.0 Å². The molecule has 1 heterocycles. The number of aromatic nitrogens is 2. The Labute approximate surface area is 178 Å². The number of carbonyl (C=O) groups is 1. The number of hydrogen-bond acceptors (Lipinski definition) is 3. The molecule has 1 aliphatic rings. The Bertz CT molecular complexity index is 1220. The van der Waals surface area contributed by atoms with Crippen LogP contribution >= 0.6 is 12.2 Å². The number of nitrogens with zero attached hydrogens (tertiary/aromatic N) is 1. The molecule has 3 aromatic rings. The van der Waals surface area contributed by atoms with Gasteiger partial charge in [-0.3, -0.25) is 14.2 Å². The maximum atomic E-state index is 13.2. The Morgan fingerprint density at radius 3 is 2.63 bits per heavy atom. The third-order valence-corrected chi connectivity index (χ3v) is 6.55. The molecular weight excluding hydrogens is 401 g/mol. The fourth-order valence-electron chi connectivity index (χ4n) is 4.22. The van der Waals surface area contributed by atoms with Crippen molar-refractivity contribution in [3.05, 3.63) is 69.0 Å². The van der Waals surface area contributed by atoms with Gasteiger partial charge in [0.05, 0.1) is 16.6 Å². The zero-order chi connectivity index (χ0) is 21.4. The second-order valence-corrected chi connectivity index (χ2v) is 8.54. The Morgan fingerprint density at radius 2 is 1.90 bits per heavy atom. The highest BCUT2D eigenvalue weighted by Gasteiger charge is 2.28. The molecule has 0 bridgehead atoms. The van der Waals surface area contributed by atoms with Gasteiger partial charge in [0, 0.05) is 11.6 Å². The van der Waals surface area contributed by atoms with Gasteiger partial charge >= 0.3 is 0 Å². The molecule has 0 unspecified atom stereocenters. The van der Waals surface area contributed by atoms with Gasteiger partial charge < -0.3 is 10.3 Å². The van der Waals surface area contributed by atoms with Gasteiger partial charge in [-0.25, -0.2) is 4.39 Å². The van der Waals surface area contributed by atoms with E-state index in [0.717, 1.165) is 12.8 Å². The summed E-state index contributed by atoms with van der Waals surface area (Å²) in [5, 5.41) is 3.56. The number of H-pyrrole nitrogens is 1. The van der Waals surface area contributed by atoms with Gasteiger partial charge in [-0.05, 0) is 72.9 Å². The van der Waals surface area contributed by atoms with Crippen molar-refractivity contribution in [1.82, 2.24) is 14.9 Å². The molecule has 1 amide bonds. The Kier molecular flexibility index (Phi) is 5.56. The fraction of sp³-hybridized carbons (Fsp3) is 0.348. The number of fused-ring (bicyclic) bond motifs is 1. The number of hydrogen-bond donors (Lipinski definition) is 2. The molecule has 7 heteroatoms. The van der Waals surface area contributed by atoms with Crippen LogP contribution in [0.2, 0.25) is 0 Å². The Balaban J connectivity index is 1.67. The first-order chi connectivity index (χ1) is 14.3. The van der Waals surface area contributed by atoms with Crippen LogP contribution in [0.15, 0.2) is 47.3 Å². The minimum atomic E-state index is -0.389. The highest BCUT2D eigenvalue weighted by molar-refractivity contribution is 7.71. The van der Waals surface area contributed by atoms with Crippen LogP contribution in [-0.4, -0.2) is 21.5 Å². The van der Waals surface area contributed by atoms with Crippen molar-refractivity contribution < 1.29 is 9.18 Å². The van der Waals surface area contributed by atoms with E-state index in [-0.39, 0.29) is 28.1 Å². The lowest BCUT2D eigenvalue weighted by Crippen LogP contribution is -2.43. The summed E-state index contributed by atoms with van der Waals surface area (Å²) < 4.78 is 14.7. The molecule has 3 atom stereocenters. The van der Waals surface area contributed by atoms with Gasteiger partial charge in [0.25, 0.3) is 11.5 Å². The SMILES string of the molecule is C[C@H]1[C@H](C)CCC[C@@H]1NC(=O)c1ccc2c(=O)n(-c3ccc(F)cc3)c(=S)[nH]c2c1. The smallest absolute Gasteiger partial charge is 0.266 e. The molecule has 2 N–H and O–H groups in total. The summed E-state index contributed by atoms with van der Waals surface area (Å²) in [6, 6.07) is 10.7. The van der Waals surface area contributed by atoms with Crippen molar-refractivity contribution in [3.63, 3.8) is 0 Å². The van der Waals surface area contributed by atoms with Gasteiger partial charge in [0.15, 0.2) is 4.77 Å². The van der Waals surface area contributed by atoms with Gasteiger partial charge in [0.1, 0.15) is 5.82 Å². The Morgan fingerprint density at radius 1 is 1.17 bits per heavy atom. The molecule has 0 radical (unpaired) electrons. The van der Waals surface area contributed by atoms with E-state index in [1.807, 2.05) is 0 Å². The van der Waals surface area contributed by atoms with E-state index in [1.165, 1.54) is 35.3 Å². The fourth-order valence-corrected chi connectivity index (χ4v) is 4.52. The maximum absolute atomic E-state index is 13.2. The number of rotatable bonds is 3. The molecule has 0 saturated heterocycles. The van der Waals surface area contributed by atoms with E-state index in [0.29, 0.717) is 34.0 Å². The Hall–Kier alpha value is -2.80. The molecule has 5 nitrogen and oxygen atoms in total. The first-order valence-electron chi connectivity index (χ1n) is 10.2. The minimum Gasteiger partial charge on any atom is -0.349 e. The lowest BCUT2D eigenvalue weighted by atomic mass is 9.78. The standard InChI is InChI=1S/C23H24FN3O2S/c1-13-4-3-5-19(14(13)2)25-21(28)15-6-11-18-20(12-15)26-23(30)27(22(18)29)17-9-7-16(24)8-10-17/h6-14,19H,3-5H2,1-2H3,(H,25,28)(H,26,30)/t13-,14+,19+/m1/s1. The second-order valence-electron chi connectivity index (χ2n) is 8.15. The summed E-state index contributed by atoms with van der Waals surface area (Å²) in [5.74, 6) is 0.475.